The molecule has 2 aromatic carbocycles. The second kappa shape index (κ2) is 9.19. The highest BCUT2D eigenvalue weighted by Crippen LogP contribution is 2.14. The summed E-state index contributed by atoms with van der Waals surface area (Å²) < 4.78 is 5.46. The molecule has 0 saturated carbocycles. The molecular weight excluding hydrogens is 304 g/mol. The van der Waals surface area contributed by atoms with Gasteiger partial charge in [0.1, 0.15) is 5.75 Å². The molecule has 0 aliphatic carbocycles. The molecule has 0 aliphatic heterocycles. The molecule has 0 unspecified atom stereocenters. The Kier molecular flexibility index (Phi) is 6.64. The van der Waals surface area contributed by atoms with Crippen molar-refractivity contribution >= 4 is 17.6 Å². The first-order valence-corrected chi connectivity index (χ1v) is 7.78. The van der Waals surface area contributed by atoms with E-state index in [1.807, 2.05) is 55.5 Å². The fraction of sp³-hybridized carbons (Fsp3) is 0.222. The minimum Gasteiger partial charge on any atom is -0.484 e. The summed E-state index contributed by atoms with van der Waals surface area (Å²) in [5.41, 5.74) is 7.71. The molecule has 0 aliphatic rings. The lowest BCUT2D eigenvalue weighted by molar-refractivity contribution is -0.122. The van der Waals surface area contributed by atoms with Gasteiger partial charge >= 0.3 is 0 Å². The molecule has 6 heteroatoms. The molecule has 6 nitrogen and oxygen atoms in total. The number of amides is 1. The number of ether oxygens (including phenoxy) is 1. The van der Waals surface area contributed by atoms with Crippen LogP contribution in [0.15, 0.2) is 59.6 Å². The number of nitrogens with two attached hydrogens (primary N) is 1. The lowest BCUT2D eigenvalue weighted by Gasteiger charge is -2.08. The summed E-state index contributed by atoms with van der Waals surface area (Å²) in [5, 5.41) is 5.71. The first-order valence-electron chi connectivity index (χ1n) is 7.78. The standard InChI is InChI=1S/C18H22N4O2/c1-2-20-17(23)13-24-16-10-6-7-14(11-16)12-21-18(19)22-15-8-4-3-5-9-15/h3-11H,2,12-13H2,1H3,(H,20,23)(H3,19,21,22). The van der Waals surface area contributed by atoms with Crippen molar-refractivity contribution in [2.24, 2.45) is 10.7 Å². The predicted molar refractivity (Wildman–Crippen MR) is 96.0 cm³/mol. The van der Waals surface area contributed by atoms with E-state index >= 15 is 0 Å². The Hall–Kier alpha value is -3.02. The lowest BCUT2D eigenvalue weighted by Crippen LogP contribution is -2.28. The maximum absolute atomic E-state index is 11.4. The quantitative estimate of drug-likeness (QED) is 0.537. The molecule has 4 N–H and O–H groups in total. The number of benzene rings is 2. The van der Waals surface area contributed by atoms with Crippen LogP contribution in [0.5, 0.6) is 5.75 Å². The number of nitrogens with zero attached hydrogens (tertiary/aromatic N) is 1. The molecule has 0 heterocycles. The van der Waals surface area contributed by atoms with Crippen molar-refractivity contribution in [2.45, 2.75) is 13.5 Å². The average molecular weight is 326 g/mol. The molecule has 0 saturated heterocycles. The SMILES string of the molecule is CCNC(=O)COc1cccc(CN=C(N)Nc2ccccc2)c1. The third kappa shape index (κ3) is 6.00. The summed E-state index contributed by atoms with van der Waals surface area (Å²) in [6.07, 6.45) is 0. The van der Waals surface area contributed by atoms with E-state index in [1.165, 1.54) is 0 Å². The van der Waals surface area contributed by atoms with Crippen LogP contribution in [0.2, 0.25) is 0 Å². The number of hydrogen-bond donors (Lipinski definition) is 3. The van der Waals surface area contributed by atoms with E-state index in [0.29, 0.717) is 24.8 Å². The summed E-state index contributed by atoms with van der Waals surface area (Å²) >= 11 is 0. The Labute approximate surface area is 141 Å². The smallest absolute Gasteiger partial charge is 0.257 e. The van der Waals surface area contributed by atoms with E-state index in [0.717, 1.165) is 11.3 Å². The average Bonchev–Trinajstić information content (AvgIpc) is 2.60. The molecule has 0 aromatic heterocycles. The Balaban J connectivity index is 1.89. The van der Waals surface area contributed by atoms with Crippen molar-refractivity contribution in [3.8, 4) is 5.75 Å². The summed E-state index contributed by atoms with van der Waals surface area (Å²) in [6, 6.07) is 17.0. The van der Waals surface area contributed by atoms with Crippen molar-refractivity contribution in [3.63, 3.8) is 0 Å². The van der Waals surface area contributed by atoms with Gasteiger partial charge in [0.2, 0.25) is 0 Å². The summed E-state index contributed by atoms with van der Waals surface area (Å²) in [6.45, 7) is 2.87. The van der Waals surface area contributed by atoms with Crippen LogP contribution in [-0.2, 0) is 11.3 Å². The van der Waals surface area contributed by atoms with Crippen LogP contribution >= 0.6 is 0 Å². The van der Waals surface area contributed by atoms with E-state index in [2.05, 4.69) is 15.6 Å². The van der Waals surface area contributed by atoms with Crippen LogP contribution in [0.1, 0.15) is 12.5 Å². The van der Waals surface area contributed by atoms with Crippen LogP contribution < -0.4 is 21.1 Å². The highest BCUT2D eigenvalue weighted by atomic mass is 16.5. The third-order valence-electron chi connectivity index (χ3n) is 3.12. The first-order chi connectivity index (χ1) is 11.7. The van der Waals surface area contributed by atoms with Gasteiger partial charge in [0.15, 0.2) is 12.6 Å². The van der Waals surface area contributed by atoms with Crippen LogP contribution in [0.25, 0.3) is 0 Å². The summed E-state index contributed by atoms with van der Waals surface area (Å²) in [5.74, 6) is 0.829. The molecular formula is C18H22N4O2. The molecule has 2 rings (SSSR count). The molecule has 0 spiro atoms. The number of carbonyl (C=O) groups excluding carboxylic acids is 1. The van der Waals surface area contributed by atoms with Gasteiger partial charge in [0, 0.05) is 12.2 Å². The number of guanidine groups is 1. The van der Waals surface area contributed by atoms with Gasteiger partial charge in [-0.3, -0.25) is 4.79 Å². The van der Waals surface area contributed by atoms with Crippen molar-refractivity contribution < 1.29 is 9.53 Å². The van der Waals surface area contributed by atoms with Gasteiger partial charge in [-0.25, -0.2) is 4.99 Å². The maximum Gasteiger partial charge on any atom is 0.257 e. The van der Waals surface area contributed by atoms with Crippen molar-refractivity contribution in [3.05, 3.63) is 60.2 Å². The van der Waals surface area contributed by atoms with Crippen molar-refractivity contribution in [2.75, 3.05) is 18.5 Å². The minimum atomic E-state index is -0.141. The monoisotopic (exact) mass is 326 g/mol. The number of aliphatic imine (C=N–C) groups is 1. The first kappa shape index (κ1) is 17.3. The fourth-order valence-electron chi connectivity index (χ4n) is 2.02. The predicted octanol–water partition coefficient (Wildman–Crippen LogP) is 2.13. The molecule has 0 radical (unpaired) electrons. The normalized spacial score (nSPS) is 11.0. The van der Waals surface area contributed by atoms with Crippen LogP contribution in [0.3, 0.4) is 0 Å². The Morgan fingerprint density at radius 2 is 1.96 bits per heavy atom. The minimum absolute atomic E-state index is 0.00172. The molecule has 0 atom stereocenters. The van der Waals surface area contributed by atoms with Crippen LogP contribution in [-0.4, -0.2) is 25.0 Å². The molecule has 0 fully saturated rings. The largest absolute Gasteiger partial charge is 0.484 e. The van der Waals surface area contributed by atoms with Gasteiger partial charge in [-0.1, -0.05) is 30.3 Å². The molecule has 0 bridgehead atoms. The zero-order valence-electron chi connectivity index (χ0n) is 13.7. The number of anilines is 1. The van der Waals surface area contributed by atoms with Crippen LogP contribution in [0.4, 0.5) is 5.69 Å². The lowest BCUT2D eigenvalue weighted by atomic mass is 10.2. The Bertz CT molecular complexity index is 686. The van der Waals surface area contributed by atoms with Crippen molar-refractivity contribution in [1.82, 2.24) is 5.32 Å². The van der Waals surface area contributed by atoms with E-state index in [-0.39, 0.29) is 12.5 Å². The van der Waals surface area contributed by atoms with Gasteiger partial charge in [-0.2, -0.15) is 0 Å². The Morgan fingerprint density at radius 3 is 2.71 bits per heavy atom. The highest BCUT2D eigenvalue weighted by Gasteiger charge is 2.02. The van der Waals surface area contributed by atoms with Gasteiger partial charge in [-0.15, -0.1) is 0 Å². The van der Waals surface area contributed by atoms with E-state index in [1.54, 1.807) is 6.07 Å². The number of hydrogen-bond acceptors (Lipinski definition) is 3. The number of rotatable bonds is 7. The fourth-order valence-corrected chi connectivity index (χ4v) is 2.02. The third-order valence-corrected chi connectivity index (χ3v) is 3.12. The highest BCUT2D eigenvalue weighted by molar-refractivity contribution is 5.92. The Morgan fingerprint density at radius 1 is 1.17 bits per heavy atom. The molecule has 24 heavy (non-hydrogen) atoms. The number of likely N-dealkylation sites (N-methyl/N-ethyl adjacent to an activating group) is 1. The van der Waals surface area contributed by atoms with Gasteiger partial charge < -0.3 is 21.1 Å². The van der Waals surface area contributed by atoms with E-state index < -0.39 is 0 Å². The molecule has 2 aromatic rings. The maximum atomic E-state index is 11.4. The summed E-state index contributed by atoms with van der Waals surface area (Å²) in [4.78, 5) is 15.7. The van der Waals surface area contributed by atoms with Crippen LogP contribution in [0, 0.1) is 0 Å². The second-order valence-corrected chi connectivity index (χ2v) is 5.08. The molecule has 126 valence electrons. The van der Waals surface area contributed by atoms with E-state index in [4.69, 9.17) is 10.5 Å². The summed E-state index contributed by atoms with van der Waals surface area (Å²) in [7, 11) is 0. The zero-order chi connectivity index (χ0) is 17.2. The zero-order valence-corrected chi connectivity index (χ0v) is 13.7. The van der Waals surface area contributed by atoms with Gasteiger partial charge in [0.25, 0.3) is 5.91 Å². The molecule has 1 amide bonds. The number of para-hydroxylation sites is 1. The number of nitrogens with one attached hydrogen (secondary N) is 2. The number of carbonyl (C=O) groups is 1. The second-order valence-electron chi connectivity index (χ2n) is 5.08. The van der Waals surface area contributed by atoms with Gasteiger partial charge in [-0.05, 0) is 36.8 Å². The van der Waals surface area contributed by atoms with E-state index in [9.17, 15) is 4.79 Å². The van der Waals surface area contributed by atoms with Gasteiger partial charge in [0.05, 0.1) is 6.54 Å². The van der Waals surface area contributed by atoms with Crippen molar-refractivity contribution in [1.29, 1.82) is 0 Å². The topological polar surface area (TPSA) is 88.7 Å².